The zero-order valence-corrected chi connectivity index (χ0v) is 18.7. The van der Waals surface area contributed by atoms with Gasteiger partial charge in [0.2, 0.25) is 0 Å². The number of aromatic amines is 1. The van der Waals surface area contributed by atoms with E-state index in [4.69, 9.17) is 4.99 Å². The molecule has 0 saturated heterocycles. The van der Waals surface area contributed by atoms with Crippen LogP contribution in [-0.4, -0.2) is 15.7 Å². The summed E-state index contributed by atoms with van der Waals surface area (Å²) in [6.07, 6.45) is 6.20. The van der Waals surface area contributed by atoms with Gasteiger partial charge in [-0.25, -0.2) is 4.98 Å². The van der Waals surface area contributed by atoms with Crippen LogP contribution in [0.25, 0.3) is 28.0 Å². The molecule has 0 unspecified atom stereocenters. The molecule has 0 atom stereocenters. The molecular formula is C28H27N3. The van der Waals surface area contributed by atoms with Gasteiger partial charge in [0.25, 0.3) is 0 Å². The predicted octanol–water partition coefficient (Wildman–Crippen LogP) is 6.44. The summed E-state index contributed by atoms with van der Waals surface area (Å²) in [5.41, 5.74) is 18.9. The fourth-order valence-corrected chi connectivity index (χ4v) is 6.11. The van der Waals surface area contributed by atoms with Crippen LogP contribution in [0.5, 0.6) is 0 Å². The minimum Gasteiger partial charge on any atom is -0.342 e. The second kappa shape index (κ2) is 5.85. The Labute approximate surface area is 183 Å². The standard InChI is InChI=1S/C28H27N3/c1-13(2)23-11-21-19-8-18-7-16-5-15(25-12-29-28(31-25)14(3)4)6-17-9-22(27(18)26(16)17)20(19)10-24(21)30-23/h5-6,8,12-14H,7,9-11H2,1-4H3,(H,29,31). The van der Waals surface area contributed by atoms with Gasteiger partial charge in [0.15, 0.2) is 0 Å². The SMILES string of the molecule is CC(C)C1=NC2=C(C1)c1cc3c4c(c1C2)Cc1cc(-c2cnc(C(C)C)[nH]2)cc(c1-4)C3. The van der Waals surface area contributed by atoms with E-state index < -0.39 is 0 Å². The lowest BCUT2D eigenvalue weighted by Gasteiger charge is -2.14. The van der Waals surface area contributed by atoms with Crippen LogP contribution < -0.4 is 0 Å². The predicted molar refractivity (Wildman–Crippen MR) is 127 cm³/mol. The van der Waals surface area contributed by atoms with Crippen LogP contribution in [0.15, 0.2) is 35.1 Å². The molecule has 7 rings (SSSR count). The molecule has 4 aliphatic rings. The van der Waals surface area contributed by atoms with Crippen molar-refractivity contribution in [3.8, 4) is 22.4 Å². The number of hydrogen-bond acceptors (Lipinski definition) is 2. The molecule has 0 amide bonds. The molecule has 1 N–H and O–H groups in total. The Kier molecular flexibility index (Phi) is 3.34. The summed E-state index contributed by atoms with van der Waals surface area (Å²) < 4.78 is 0. The number of allylic oxidation sites excluding steroid dienone is 2. The number of fused-ring (bicyclic) bond motifs is 3. The third-order valence-corrected chi connectivity index (χ3v) is 7.70. The van der Waals surface area contributed by atoms with Gasteiger partial charge in [-0.2, -0.15) is 0 Å². The minimum absolute atomic E-state index is 0.416. The average molecular weight is 406 g/mol. The third-order valence-electron chi connectivity index (χ3n) is 7.70. The fourth-order valence-electron chi connectivity index (χ4n) is 6.11. The van der Waals surface area contributed by atoms with Crippen LogP contribution in [0.4, 0.5) is 0 Å². The lowest BCUT2D eigenvalue weighted by atomic mass is 9.90. The first kappa shape index (κ1) is 17.7. The number of rotatable bonds is 3. The van der Waals surface area contributed by atoms with Gasteiger partial charge in [-0.3, -0.25) is 4.99 Å². The highest BCUT2D eigenvalue weighted by molar-refractivity contribution is 6.04. The molecule has 3 heteroatoms. The monoisotopic (exact) mass is 405 g/mol. The Morgan fingerprint density at radius 2 is 1.58 bits per heavy atom. The van der Waals surface area contributed by atoms with E-state index in [9.17, 15) is 0 Å². The van der Waals surface area contributed by atoms with Gasteiger partial charge in [-0.05, 0) is 81.0 Å². The molecule has 1 aromatic heterocycles. The molecule has 3 nitrogen and oxygen atoms in total. The van der Waals surface area contributed by atoms with E-state index in [1.807, 2.05) is 6.20 Å². The number of aliphatic imine (C=N–C) groups is 1. The van der Waals surface area contributed by atoms with Crippen molar-refractivity contribution in [2.24, 2.45) is 10.9 Å². The van der Waals surface area contributed by atoms with Gasteiger partial charge >= 0.3 is 0 Å². The molecular weight excluding hydrogens is 378 g/mol. The van der Waals surface area contributed by atoms with Crippen molar-refractivity contribution < 1.29 is 0 Å². The highest BCUT2D eigenvalue weighted by atomic mass is 14.9. The number of nitrogens with zero attached hydrogens (tertiary/aromatic N) is 2. The van der Waals surface area contributed by atoms with Crippen molar-refractivity contribution in [3.05, 3.63) is 69.3 Å². The lowest BCUT2D eigenvalue weighted by molar-refractivity contribution is 0.795. The molecule has 0 fully saturated rings. The Morgan fingerprint density at radius 1 is 0.806 bits per heavy atom. The maximum Gasteiger partial charge on any atom is 0.109 e. The van der Waals surface area contributed by atoms with Crippen molar-refractivity contribution in [2.75, 3.05) is 0 Å². The van der Waals surface area contributed by atoms with Crippen LogP contribution in [-0.2, 0) is 19.3 Å². The smallest absolute Gasteiger partial charge is 0.109 e. The molecule has 154 valence electrons. The van der Waals surface area contributed by atoms with E-state index in [2.05, 4.69) is 55.9 Å². The zero-order valence-electron chi connectivity index (χ0n) is 18.7. The number of nitrogens with one attached hydrogen (secondary N) is 1. The van der Waals surface area contributed by atoms with Crippen molar-refractivity contribution in [3.63, 3.8) is 0 Å². The fraction of sp³-hybridized carbons (Fsp3) is 0.357. The van der Waals surface area contributed by atoms with Crippen molar-refractivity contribution in [1.82, 2.24) is 9.97 Å². The van der Waals surface area contributed by atoms with Crippen LogP contribution in [0.3, 0.4) is 0 Å². The topological polar surface area (TPSA) is 41.0 Å². The van der Waals surface area contributed by atoms with Gasteiger partial charge in [-0.1, -0.05) is 33.8 Å². The van der Waals surface area contributed by atoms with Gasteiger partial charge < -0.3 is 4.98 Å². The molecule has 31 heavy (non-hydrogen) atoms. The second-order valence-electron chi connectivity index (χ2n) is 10.3. The summed E-state index contributed by atoms with van der Waals surface area (Å²) in [7, 11) is 0. The maximum absolute atomic E-state index is 5.04. The van der Waals surface area contributed by atoms with Crippen LogP contribution in [0.2, 0.25) is 0 Å². The van der Waals surface area contributed by atoms with Crippen molar-refractivity contribution in [2.45, 2.75) is 59.3 Å². The zero-order chi connectivity index (χ0) is 21.0. The molecule has 0 spiro atoms. The highest BCUT2D eigenvalue weighted by Crippen LogP contribution is 2.54. The molecule has 3 aliphatic carbocycles. The lowest BCUT2D eigenvalue weighted by Crippen LogP contribution is -2.06. The minimum atomic E-state index is 0.416. The van der Waals surface area contributed by atoms with Crippen molar-refractivity contribution >= 4 is 11.3 Å². The Bertz CT molecular complexity index is 1380. The molecule has 3 aromatic rings. The van der Waals surface area contributed by atoms with Gasteiger partial charge in [0, 0.05) is 35.7 Å². The molecule has 0 radical (unpaired) electrons. The molecule has 2 heterocycles. The Morgan fingerprint density at radius 3 is 2.32 bits per heavy atom. The average Bonchev–Trinajstić information content (AvgIpc) is 3.50. The van der Waals surface area contributed by atoms with Crippen LogP contribution >= 0.6 is 0 Å². The number of benzene rings is 2. The van der Waals surface area contributed by atoms with Crippen LogP contribution in [0.1, 0.15) is 79.2 Å². The van der Waals surface area contributed by atoms with E-state index in [0.29, 0.717) is 11.8 Å². The maximum atomic E-state index is 5.04. The van der Waals surface area contributed by atoms with E-state index in [1.165, 1.54) is 50.4 Å². The number of aromatic nitrogens is 2. The van der Waals surface area contributed by atoms with E-state index in [-0.39, 0.29) is 0 Å². The number of H-pyrrole nitrogens is 1. The van der Waals surface area contributed by atoms with Crippen LogP contribution in [0, 0.1) is 5.92 Å². The number of imidazole rings is 1. The summed E-state index contributed by atoms with van der Waals surface area (Å²) in [5.74, 6) is 2.02. The van der Waals surface area contributed by atoms with Crippen molar-refractivity contribution in [1.29, 1.82) is 0 Å². The molecule has 1 aliphatic heterocycles. The number of hydrogen-bond donors (Lipinski definition) is 1. The molecule has 2 aromatic carbocycles. The van der Waals surface area contributed by atoms with Gasteiger partial charge in [0.1, 0.15) is 5.82 Å². The van der Waals surface area contributed by atoms with E-state index in [0.717, 1.165) is 37.2 Å². The quantitative estimate of drug-likeness (QED) is 0.368. The highest BCUT2D eigenvalue weighted by Gasteiger charge is 2.37. The first-order valence-electron chi connectivity index (χ1n) is 11.7. The van der Waals surface area contributed by atoms with Gasteiger partial charge in [0.05, 0.1) is 11.9 Å². The largest absolute Gasteiger partial charge is 0.342 e. The second-order valence-corrected chi connectivity index (χ2v) is 10.3. The third kappa shape index (κ3) is 2.29. The summed E-state index contributed by atoms with van der Waals surface area (Å²) in [4.78, 5) is 13.2. The normalized spacial score (nSPS) is 17.2. The first-order chi connectivity index (χ1) is 15.0. The van der Waals surface area contributed by atoms with E-state index in [1.54, 1.807) is 16.7 Å². The Hall–Kier alpha value is -2.94. The summed E-state index contributed by atoms with van der Waals surface area (Å²) in [6.45, 7) is 8.90. The molecule has 0 bridgehead atoms. The summed E-state index contributed by atoms with van der Waals surface area (Å²) >= 11 is 0. The summed E-state index contributed by atoms with van der Waals surface area (Å²) in [6, 6.07) is 7.32. The molecule has 0 saturated carbocycles. The Balaban J connectivity index is 1.31. The first-order valence-corrected chi connectivity index (χ1v) is 11.7. The van der Waals surface area contributed by atoms with Gasteiger partial charge in [-0.15, -0.1) is 0 Å². The van der Waals surface area contributed by atoms with E-state index >= 15 is 0 Å². The summed E-state index contributed by atoms with van der Waals surface area (Å²) in [5, 5.41) is 0.